The third-order valence-electron chi connectivity index (χ3n) is 5.39. The van der Waals surface area contributed by atoms with Gasteiger partial charge in [0.2, 0.25) is 11.9 Å². The minimum Gasteiger partial charge on any atom is -0.369 e. The summed E-state index contributed by atoms with van der Waals surface area (Å²) in [5.41, 5.74) is 14.8. The van der Waals surface area contributed by atoms with Crippen LogP contribution in [0.5, 0.6) is 0 Å². The molecule has 0 bridgehead atoms. The average molecular weight is 393 g/mol. The Morgan fingerprint density at radius 3 is 2.36 bits per heavy atom. The van der Waals surface area contributed by atoms with E-state index in [9.17, 15) is 5.26 Å². The van der Waals surface area contributed by atoms with E-state index in [1.807, 2.05) is 47.4 Å². The molecule has 4 N–H and O–H groups in total. The van der Waals surface area contributed by atoms with Crippen molar-refractivity contribution in [1.82, 2.24) is 0 Å². The van der Waals surface area contributed by atoms with Crippen LogP contribution in [0.3, 0.4) is 0 Å². The summed E-state index contributed by atoms with van der Waals surface area (Å²) in [5, 5.41) is 10.5. The molecule has 0 unspecified atom stereocenters. The van der Waals surface area contributed by atoms with Gasteiger partial charge in [0.15, 0.2) is 0 Å². The smallest absolute Gasteiger partial charge is 0.220 e. The fraction of sp³-hybridized carbons (Fsp3) is 0.286. The minimum absolute atomic E-state index is 0.201. The summed E-state index contributed by atoms with van der Waals surface area (Å²) in [5.74, 6) is 0.483. The molecule has 1 spiro atoms. The van der Waals surface area contributed by atoms with Crippen molar-refractivity contribution < 1.29 is 0 Å². The van der Waals surface area contributed by atoms with E-state index in [1.54, 1.807) is 0 Å². The highest BCUT2D eigenvalue weighted by Crippen LogP contribution is 2.41. The Kier molecular flexibility index (Phi) is 4.70. The molecule has 1 saturated carbocycles. The number of nitrogens with zero attached hydrogens (tertiary/aromatic N) is 4. The van der Waals surface area contributed by atoms with Crippen molar-refractivity contribution in [2.45, 2.75) is 37.8 Å². The van der Waals surface area contributed by atoms with E-state index in [0.717, 1.165) is 43.2 Å². The van der Waals surface area contributed by atoms with Crippen LogP contribution in [0.1, 0.15) is 37.7 Å². The summed E-state index contributed by atoms with van der Waals surface area (Å²) in [6.07, 6.45) is 4.88. The highest BCUT2D eigenvalue weighted by Gasteiger charge is 2.43. The van der Waals surface area contributed by atoms with E-state index in [0.29, 0.717) is 16.3 Å². The molecular formula is C21H21ClN6. The number of benzene rings is 2. The van der Waals surface area contributed by atoms with Gasteiger partial charge in [-0.2, -0.15) is 10.3 Å². The zero-order valence-electron chi connectivity index (χ0n) is 15.4. The Morgan fingerprint density at radius 1 is 1.00 bits per heavy atom. The number of rotatable bonds is 2. The lowest BCUT2D eigenvalue weighted by molar-refractivity contribution is 0.305. The molecule has 4 rings (SSSR count). The molecule has 0 radical (unpaired) electrons. The largest absolute Gasteiger partial charge is 0.369 e. The predicted octanol–water partition coefficient (Wildman–Crippen LogP) is 3.99. The van der Waals surface area contributed by atoms with Gasteiger partial charge in [0.05, 0.1) is 11.3 Å². The molecule has 0 atom stereocenters. The molecular weight excluding hydrogens is 372 g/mol. The van der Waals surface area contributed by atoms with Crippen LogP contribution in [0, 0.1) is 11.3 Å². The van der Waals surface area contributed by atoms with Gasteiger partial charge in [0, 0.05) is 5.02 Å². The number of hydrogen-bond acceptors (Lipinski definition) is 6. The monoisotopic (exact) mass is 392 g/mol. The van der Waals surface area contributed by atoms with Gasteiger partial charge in [-0.1, -0.05) is 36.2 Å². The standard InChI is InChI=1S/C21H21ClN6/c22-17-7-4-14(5-8-17)15-6-9-18(16(12-15)13-23)28-20(25)26-19(24)27-21(28)10-2-1-3-11-21/h4-9,12H,1-3,10-11H2,(H4,24,25,26,27). The number of anilines is 1. The van der Waals surface area contributed by atoms with Crippen molar-refractivity contribution >= 4 is 29.2 Å². The maximum absolute atomic E-state index is 9.85. The fourth-order valence-corrected chi connectivity index (χ4v) is 4.24. The van der Waals surface area contributed by atoms with Gasteiger partial charge in [0.25, 0.3) is 0 Å². The highest BCUT2D eigenvalue weighted by atomic mass is 35.5. The topological polar surface area (TPSA) is 104 Å². The Hall–Kier alpha value is -3.04. The maximum Gasteiger partial charge on any atom is 0.220 e. The number of nitrogens with two attached hydrogens (primary N) is 2. The summed E-state index contributed by atoms with van der Waals surface area (Å²) in [7, 11) is 0. The molecule has 0 amide bonds. The molecule has 2 aromatic carbocycles. The van der Waals surface area contributed by atoms with Crippen LogP contribution >= 0.6 is 11.6 Å². The Labute approximate surface area is 169 Å². The zero-order valence-corrected chi connectivity index (χ0v) is 16.2. The van der Waals surface area contributed by atoms with Crippen LogP contribution < -0.4 is 16.4 Å². The first kappa shape index (κ1) is 18.3. The third-order valence-corrected chi connectivity index (χ3v) is 5.64. The van der Waals surface area contributed by atoms with Gasteiger partial charge in [-0.15, -0.1) is 0 Å². The second-order valence-corrected chi connectivity index (χ2v) is 7.61. The Morgan fingerprint density at radius 2 is 1.68 bits per heavy atom. The van der Waals surface area contributed by atoms with Crippen LogP contribution in [-0.4, -0.2) is 17.6 Å². The molecule has 1 aliphatic carbocycles. The van der Waals surface area contributed by atoms with Crippen molar-refractivity contribution in [3.05, 3.63) is 53.1 Å². The molecule has 0 saturated heterocycles. The van der Waals surface area contributed by atoms with E-state index in [2.05, 4.69) is 16.1 Å². The van der Waals surface area contributed by atoms with Gasteiger partial charge in [-0.25, -0.2) is 4.99 Å². The predicted molar refractivity (Wildman–Crippen MR) is 113 cm³/mol. The van der Waals surface area contributed by atoms with Crippen LogP contribution in [0.15, 0.2) is 52.4 Å². The van der Waals surface area contributed by atoms with Crippen molar-refractivity contribution in [3.63, 3.8) is 0 Å². The first-order chi connectivity index (χ1) is 13.5. The number of halogens is 1. The molecule has 2 aliphatic rings. The number of aliphatic imine (C=N–C) groups is 2. The Bertz CT molecular complexity index is 997. The number of nitriles is 1. The molecule has 6 nitrogen and oxygen atoms in total. The van der Waals surface area contributed by atoms with Crippen LogP contribution in [-0.2, 0) is 0 Å². The Balaban J connectivity index is 1.80. The van der Waals surface area contributed by atoms with E-state index < -0.39 is 5.66 Å². The lowest BCUT2D eigenvalue weighted by Gasteiger charge is -2.45. The molecule has 0 aromatic heterocycles. The highest BCUT2D eigenvalue weighted by molar-refractivity contribution is 6.30. The fourth-order valence-electron chi connectivity index (χ4n) is 4.11. The molecule has 2 aromatic rings. The van der Waals surface area contributed by atoms with Gasteiger partial charge < -0.3 is 11.5 Å². The summed E-state index contributed by atoms with van der Waals surface area (Å²) >= 11 is 5.99. The number of hydrogen-bond donors (Lipinski definition) is 2. The van der Waals surface area contributed by atoms with E-state index in [1.165, 1.54) is 0 Å². The van der Waals surface area contributed by atoms with Crippen molar-refractivity contribution in [3.8, 4) is 17.2 Å². The first-order valence-corrected chi connectivity index (χ1v) is 9.70. The maximum atomic E-state index is 9.85. The lowest BCUT2D eigenvalue weighted by atomic mass is 9.86. The molecule has 1 aliphatic heterocycles. The molecule has 28 heavy (non-hydrogen) atoms. The van der Waals surface area contributed by atoms with Crippen molar-refractivity contribution in [1.29, 1.82) is 5.26 Å². The summed E-state index contributed by atoms with van der Waals surface area (Å²) in [6, 6.07) is 15.6. The average Bonchev–Trinajstić information content (AvgIpc) is 2.69. The van der Waals surface area contributed by atoms with Crippen molar-refractivity contribution in [2.75, 3.05) is 4.90 Å². The van der Waals surface area contributed by atoms with Gasteiger partial charge in [-0.3, -0.25) is 4.90 Å². The minimum atomic E-state index is -0.568. The van der Waals surface area contributed by atoms with Gasteiger partial charge in [0.1, 0.15) is 11.7 Å². The summed E-state index contributed by atoms with van der Waals surface area (Å²) in [4.78, 5) is 10.8. The van der Waals surface area contributed by atoms with Crippen LogP contribution in [0.25, 0.3) is 11.1 Å². The lowest BCUT2D eigenvalue weighted by Crippen LogP contribution is -2.58. The van der Waals surface area contributed by atoms with E-state index in [4.69, 9.17) is 23.1 Å². The van der Waals surface area contributed by atoms with Gasteiger partial charge >= 0.3 is 0 Å². The van der Waals surface area contributed by atoms with Crippen LogP contribution in [0.2, 0.25) is 5.02 Å². The second kappa shape index (κ2) is 7.17. The first-order valence-electron chi connectivity index (χ1n) is 9.32. The third kappa shape index (κ3) is 3.19. The van der Waals surface area contributed by atoms with Crippen LogP contribution in [0.4, 0.5) is 5.69 Å². The molecule has 7 heteroatoms. The summed E-state index contributed by atoms with van der Waals surface area (Å²) < 4.78 is 0. The zero-order chi connectivity index (χ0) is 19.7. The molecule has 142 valence electrons. The number of guanidine groups is 2. The van der Waals surface area contributed by atoms with Gasteiger partial charge in [-0.05, 0) is 61.1 Å². The molecule has 1 heterocycles. The van der Waals surface area contributed by atoms with Crippen molar-refractivity contribution in [2.24, 2.45) is 21.5 Å². The molecule has 1 fully saturated rings. The summed E-state index contributed by atoms with van der Waals surface area (Å²) in [6.45, 7) is 0. The normalized spacial score (nSPS) is 18.4. The SMILES string of the molecule is N#Cc1cc(-c2ccc(Cl)cc2)ccc1N1C(N)=NC(N)=NC12CCCCC2. The van der Waals surface area contributed by atoms with E-state index in [-0.39, 0.29) is 11.9 Å². The second-order valence-electron chi connectivity index (χ2n) is 7.17. The quantitative estimate of drug-likeness (QED) is 0.806. The van der Waals surface area contributed by atoms with E-state index >= 15 is 0 Å².